The fourth-order valence-electron chi connectivity index (χ4n) is 3.02. The van der Waals surface area contributed by atoms with Crippen molar-refractivity contribution in [3.63, 3.8) is 0 Å². The third-order valence-electron chi connectivity index (χ3n) is 4.51. The van der Waals surface area contributed by atoms with Gasteiger partial charge in [-0.15, -0.1) is 11.3 Å². The van der Waals surface area contributed by atoms with Gasteiger partial charge in [-0.1, -0.05) is 51.1 Å². The highest BCUT2D eigenvalue weighted by Crippen LogP contribution is 2.30. The zero-order chi connectivity index (χ0) is 18.5. The minimum Gasteiger partial charge on any atom is -0.333 e. The van der Waals surface area contributed by atoms with Gasteiger partial charge in [0.1, 0.15) is 5.66 Å². The first kappa shape index (κ1) is 19.7. The van der Waals surface area contributed by atoms with Crippen LogP contribution in [0.15, 0.2) is 41.8 Å². The number of nitrogens with one attached hydrogen (secondary N) is 2. The number of carbonyl (C=O) groups excluding carboxylic acids is 1. The molecule has 2 N–H and O–H groups in total. The molecule has 1 aromatic heterocycles. The monoisotopic (exact) mass is 358 g/mol. The molecule has 0 aliphatic rings. The fourth-order valence-corrected chi connectivity index (χ4v) is 4.04. The molecule has 0 bridgehead atoms. The third-order valence-corrected chi connectivity index (χ3v) is 5.75. The van der Waals surface area contributed by atoms with Crippen LogP contribution in [0.1, 0.15) is 50.1 Å². The summed E-state index contributed by atoms with van der Waals surface area (Å²) in [6.45, 7) is 11.2. The van der Waals surface area contributed by atoms with Gasteiger partial charge in [0.25, 0.3) is 0 Å². The summed E-state index contributed by atoms with van der Waals surface area (Å²) in [6, 6.07) is 12.3. The van der Waals surface area contributed by atoms with Crippen molar-refractivity contribution in [1.29, 1.82) is 0 Å². The molecule has 1 atom stereocenters. The van der Waals surface area contributed by atoms with Crippen molar-refractivity contribution in [2.24, 2.45) is 5.41 Å². The third kappa shape index (κ3) is 4.93. The van der Waals surface area contributed by atoms with Crippen LogP contribution in [0.25, 0.3) is 0 Å². The number of rotatable bonds is 8. The molecule has 25 heavy (non-hydrogen) atoms. The van der Waals surface area contributed by atoms with Crippen LogP contribution < -0.4 is 10.6 Å². The van der Waals surface area contributed by atoms with E-state index in [1.165, 1.54) is 16.0 Å². The van der Waals surface area contributed by atoms with Crippen molar-refractivity contribution in [2.45, 2.75) is 53.1 Å². The molecule has 1 aromatic carbocycles. The summed E-state index contributed by atoms with van der Waals surface area (Å²) in [5.74, 6) is 0.0651. The average Bonchev–Trinajstić information content (AvgIpc) is 3.00. The molecule has 0 fully saturated rings. The Morgan fingerprint density at radius 3 is 2.36 bits per heavy atom. The van der Waals surface area contributed by atoms with E-state index in [0.717, 1.165) is 13.0 Å². The molecular weight excluding hydrogens is 328 g/mol. The minimum atomic E-state index is -0.542. The predicted molar refractivity (Wildman–Crippen MR) is 107 cm³/mol. The van der Waals surface area contributed by atoms with Crippen LogP contribution in [-0.2, 0) is 16.9 Å². The molecule has 0 saturated heterocycles. The maximum absolute atomic E-state index is 13.1. The second kappa shape index (κ2) is 8.15. The van der Waals surface area contributed by atoms with Gasteiger partial charge in [-0.25, -0.2) is 0 Å². The van der Waals surface area contributed by atoms with E-state index in [9.17, 15) is 4.79 Å². The van der Waals surface area contributed by atoms with E-state index in [0.29, 0.717) is 6.42 Å². The summed E-state index contributed by atoms with van der Waals surface area (Å²) in [4.78, 5) is 14.3. The fraction of sp³-hybridized carbons (Fsp3) is 0.476. The molecule has 0 aliphatic heterocycles. The van der Waals surface area contributed by atoms with Gasteiger partial charge in [0.2, 0.25) is 5.91 Å². The molecule has 1 amide bonds. The van der Waals surface area contributed by atoms with Crippen LogP contribution in [0.4, 0.5) is 0 Å². The largest absolute Gasteiger partial charge is 0.333 e. The van der Waals surface area contributed by atoms with Gasteiger partial charge in [0.15, 0.2) is 0 Å². The van der Waals surface area contributed by atoms with Crippen LogP contribution in [0.5, 0.6) is 0 Å². The Hall–Kier alpha value is -1.65. The van der Waals surface area contributed by atoms with Crippen molar-refractivity contribution in [1.82, 2.24) is 10.6 Å². The summed E-state index contributed by atoms with van der Waals surface area (Å²) in [7, 11) is 0. The topological polar surface area (TPSA) is 41.1 Å². The highest BCUT2D eigenvalue weighted by Gasteiger charge is 2.36. The van der Waals surface area contributed by atoms with E-state index in [4.69, 9.17) is 0 Å². The molecule has 1 unspecified atom stereocenters. The van der Waals surface area contributed by atoms with Gasteiger partial charge in [-0.2, -0.15) is 0 Å². The number of benzene rings is 1. The molecule has 4 heteroatoms. The van der Waals surface area contributed by atoms with Gasteiger partial charge < -0.3 is 5.32 Å². The average molecular weight is 359 g/mol. The molecule has 136 valence electrons. The first-order valence-electron chi connectivity index (χ1n) is 8.94. The Labute approximate surface area is 155 Å². The second-order valence-corrected chi connectivity index (χ2v) is 8.40. The number of hydrogen-bond donors (Lipinski definition) is 2. The highest BCUT2D eigenvalue weighted by molar-refractivity contribution is 7.10. The van der Waals surface area contributed by atoms with Gasteiger partial charge in [-0.05, 0) is 55.8 Å². The molecule has 3 nitrogen and oxygen atoms in total. The summed E-state index contributed by atoms with van der Waals surface area (Å²) in [6.07, 6.45) is 1.73. The molecule has 2 rings (SSSR count). The van der Waals surface area contributed by atoms with Crippen molar-refractivity contribution in [2.75, 3.05) is 6.54 Å². The Balaban J connectivity index is 2.19. The molecule has 0 radical (unpaired) electrons. The molecule has 0 saturated carbocycles. The Bertz CT molecular complexity index is 693. The second-order valence-electron chi connectivity index (χ2n) is 7.48. The van der Waals surface area contributed by atoms with Crippen molar-refractivity contribution in [3.8, 4) is 0 Å². The van der Waals surface area contributed by atoms with Crippen LogP contribution in [0.2, 0.25) is 0 Å². The first-order valence-corrected chi connectivity index (χ1v) is 9.82. The Kier molecular flexibility index (Phi) is 6.42. The molecule has 0 aliphatic carbocycles. The van der Waals surface area contributed by atoms with E-state index in [2.05, 4.69) is 55.0 Å². The summed E-state index contributed by atoms with van der Waals surface area (Å²) < 4.78 is 0. The molecule has 0 spiro atoms. The van der Waals surface area contributed by atoms with E-state index < -0.39 is 11.1 Å². The minimum absolute atomic E-state index is 0.0651. The number of thiophene rings is 1. The van der Waals surface area contributed by atoms with E-state index >= 15 is 0 Å². The summed E-state index contributed by atoms with van der Waals surface area (Å²) >= 11 is 1.69. The van der Waals surface area contributed by atoms with Crippen LogP contribution in [0.3, 0.4) is 0 Å². The standard InChI is InChI=1S/C21H30N2OS/c1-6-13-22-21(5,18-16(2)12-14-25-18)23-19(24)20(3,4)15-17-10-8-7-9-11-17/h7-12,14,22H,6,13,15H2,1-5H3,(H,23,24). The van der Waals surface area contributed by atoms with E-state index in [-0.39, 0.29) is 5.91 Å². The SMILES string of the molecule is CCCNC(C)(NC(=O)C(C)(C)Cc1ccccc1)c1sccc1C. The van der Waals surface area contributed by atoms with Crippen LogP contribution in [0, 0.1) is 12.3 Å². The Morgan fingerprint density at radius 2 is 1.80 bits per heavy atom. The van der Waals surface area contributed by atoms with Gasteiger partial charge >= 0.3 is 0 Å². The van der Waals surface area contributed by atoms with E-state index in [1.807, 2.05) is 32.0 Å². The number of aryl methyl sites for hydroxylation is 1. The number of hydrogen-bond acceptors (Lipinski definition) is 3. The van der Waals surface area contributed by atoms with Crippen LogP contribution >= 0.6 is 11.3 Å². The quantitative estimate of drug-likeness (QED) is 0.676. The van der Waals surface area contributed by atoms with Crippen molar-refractivity contribution >= 4 is 17.2 Å². The molecule has 2 aromatic rings. The lowest BCUT2D eigenvalue weighted by molar-refractivity contribution is -0.131. The zero-order valence-electron chi connectivity index (χ0n) is 16.0. The predicted octanol–water partition coefficient (Wildman–Crippen LogP) is 4.61. The molecular formula is C21H30N2OS. The maximum atomic E-state index is 13.1. The lowest BCUT2D eigenvalue weighted by Crippen LogP contribution is -2.57. The van der Waals surface area contributed by atoms with Gasteiger partial charge in [0, 0.05) is 10.3 Å². The van der Waals surface area contributed by atoms with E-state index in [1.54, 1.807) is 11.3 Å². The van der Waals surface area contributed by atoms with Gasteiger partial charge in [-0.3, -0.25) is 10.1 Å². The lowest BCUT2D eigenvalue weighted by atomic mass is 9.84. The maximum Gasteiger partial charge on any atom is 0.227 e. The lowest BCUT2D eigenvalue weighted by Gasteiger charge is -2.36. The summed E-state index contributed by atoms with van der Waals surface area (Å²) in [5.41, 5.74) is 1.36. The number of carbonyl (C=O) groups is 1. The summed E-state index contributed by atoms with van der Waals surface area (Å²) in [5, 5.41) is 8.91. The van der Waals surface area contributed by atoms with Crippen molar-refractivity contribution in [3.05, 3.63) is 57.8 Å². The number of amides is 1. The molecule has 1 heterocycles. The van der Waals surface area contributed by atoms with Crippen LogP contribution in [-0.4, -0.2) is 12.5 Å². The highest BCUT2D eigenvalue weighted by atomic mass is 32.1. The van der Waals surface area contributed by atoms with Crippen molar-refractivity contribution < 1.29 is 4.79 Å². The normalized spacial score (nSPS) is 14.1. The smallest absolute Gasteiger partial charge is 0.227 e. The first-order chi connectivity index (χ1) is 11.8. The zero-order valence-corrected chi connectivity index (χ0v) is 16.8. The Morgan fingerprint density at radius 1 is 1.12 bits per heavy atom. The van der Waals surface area contributed by atoms with Gasteiger partial charge in [0.05, 0.1) is 0 Å².